The van der Waals surface area contributed by atoms with Gasteiger partial charge in [-0.1, -0.05) is 45.4 Å². The lowest BCUT2D eigenvalue weighted by molar-refractivity contribution is 0.301. The minimum absolute atomic E-state index is 0.0773. The van der Waals surface area contributed by atoms with E-state index in [1.165, 1.54) is 32.1 Å². The Morgan fingerprint density at radius 1 is 0.706 bits per heavy atom. The van der Waals surface area contributed by atoms with Gasteiger partial charge in [-0.25, -0.2) is 30.7 Å². The molecule has 0 bridgehead atoms. The fourth-order valence-corrected chi connectivity index (χ4v) is 4.78. The lowest BCUT2D eigenvalue weighted by Crippen LogP contribution is -2.14. The molecule has 3 rings (SSSR count). The molecule has 0 N–H and O–H groups in total. The van der Waals surface area contributed by atoms with Crippen molar-refractivity contribution in [1.29, 1.82) is 0 Å². The Morgan fingerprint density at radius 3 is 1.82 bits per heavy atom. The topological polar surface area (TPSA) is 0 Å². The fraction of sp³-hybridized carbons (Fsp3) is 0.481. The van der Waals surface area contributed by atoms with Crippen LogP contribution in [0.3, 0.4) is 0 Å². The van der Waals surface area contributed by atoms with E-state index in [9.17, 15) is 30.7 Å². The molecule has 1 saturated carbocycles. The van der Waals surface area contributed by atoms with E-state index in [1.807, 2.05) is 0 Å². The Labute approximate surface area is 195 Å². The second-order valence-electron chi connectivity index (χ2n) is 9.16. The van der Waals surface area contributed by atoms with Gasteiger partial charge in [0.1, 0.15) is 11.6 Å². The van der Waals surface area contributed by atoms with Crippen LogP contribution >= 0.6 is 0 Å². The highest BCUT2D eigenvalue weighted by atomic mass is 19.2. The Kier molecular flexibility index (Phi) is 9.20. The molecule has 0 atom stereocenters. The average molecular weight is 487 g/mol. The summed E-state index contributed by atoms with van der Waals surface area (Å²) in [5.41, 5.74) is -1.87. The molecule has 0 amide bonds. The Balaban J connectivity index is 1.71. The highest BCUT2D eigenvalue weighted by Gasteiger charge is 2.27. The van der Waals surface area contributed by atoms with Crippen molar-refractivity contribution in [3.05, 3.63) is 70.0 Å². The first-order valence-electron chi connectivity index (χ1n) is 11.9. The lowest BCUT2D eigenvalue weighted by atomic mass is 9.77. The van der Waals surface area contributed by atoms with E-state index < -0.39 is 51.9 Å². The summed E-state index contributed by atoms with van der Waals surface area (Å²) in [5.74, 6) is -11.3. The van der Waals surface area contributed by atoms with Gasteiger partial charge in [-0.05, 0) is 67.3 Å². The van der Waals surface area contributed by atoms with E-state index in [-0.39, 0.29) is 18.1 Å². The lowest BCUT2D eigenvalue weighted by Gasteiger charge is -2.29. The first-order valence-corrected chi connectivity index (χ1v) is 11.9. The fourth-order valence-electron chi connectivity index (χ4n) is 4.78. The SMILES string of the molecule is CCCCCCCC1CCC(c2cc(F)c(C(F)=C(F)c3cc(F)c(F)c(F)c3)c(F)c2)CC1. The maximum absolute atomic E-state index is 14.7. The van der Waals surface area contributed by atoms with Gasteiger partial charge in [0.05, 0.1) is 5.56 Å². The van der Waals surface area contributed by atoms with Gasteiger partial charge in [0.25, 0.3) is 0 Å². The summed E-state index contributed by atoms with van der Waals surface area (Å²) in [6, 6.07) is 2.43. The molecule has 0 aliphatic heterocycles. The van der Waals surface area contributed by atoms with Crippen molar-refractivity contribution in [1.82, 2.24) is 0 Å². The van der Waals surface area contributed by atoms with Crippen molar-refractivity contribution in [3.8, 4) is 0 Å². The molecule has 0 aromatic heterocycles. The number of hydrogen-bond acceptors (Lipinski definition) is 0. The minimum Gasteiger partial charge on any atom is -0.206 e. The van der Waals surface area contributed by atoms with Crippen molar-refractivity contribution in [3.63, 3.8) is 0 Å². The monoisotopic (exact) mass is 486 g/mol. The number of halogens is 7. The van der Waals surface area contributed by atoms with E-state index in [0.29, 0.717) is 11.5 Å². The average Bonchev–Trinajstić information content (AvgIpc) is 2.81. The van der Waals surface area contributed by atoms with E-state index in [2.05, 4.69) is 6.92 Å². The van der Waals surface area contributed by atoms with Crippen LogP contribution in [0.4, 0.5) is 30.7 Å². The Bertz CT molecular complexity index is 974. The maximum atomic E-state index is 14.7. The number of unbranched alkanes of at least 4 members (excludes halogenated alkanes) is 4. The summed E-state index contributed by atoms with van der Waals surface area (Å²) in [4.78, 5) is 0. The normalized spacial score (nSPS) is 19.3. The van der Waals surface area contributed by atoms with Crippen LogP contribution < -0.4 is 0 Å². The maximum Gasteiger partial charge on any atom is 0.194 e. The molecule has 0 nitrogen and oxygen atoms in total. The zero-order chi connectivity index (χ0) is 24.8. The van der Waals surface area contributed by atoms with E-state index in [0.717, 1.165) is 44.2 Å². The molecule has 0 spiro atoms. The molecule has 0 saturated heterocycles. The molecule has 186 valence electrons. The molecule has 1 fully saturated rings. The van der Waals surface area contributed by atoms with Gasteiger partial charge < -0.3 is 0 Å². The van der Waals surface area contributed by atoms with Gasteiger partial charge >= 0.3 is 0 Å². The molecular formula is C27H29F7. The van der Waals surface area contributed by atoms with Crippen LogP contribution in [0.25, 0.3) is 11.7 Å². The van der Waals surface area contributed by atoms with Crippen LogP contribution in [0.5, 0.6) is 0 Å². The summed E-state index contributed by atoms with van der Waals surface area (Å²) in [7, 11) is 0. The number of rotatable bonds is 9. The first kappa shape index (κ1) is 26.3. The smallest absolute Gasteiger partial charge is 0.194 e. The van der Waals surface area contributed by atoms with Crippen molar-refractivity contribution < 1.29 is 30.7 Å². The Hall–Kier alpha value is -2.31. The molecule has 0 radical (unpaired) electrons. The van der Waals surface area contributed by atoms with Gasteiger partial charge in [0, 0.05) is 5.56 Å². The summed E-state index contributed by atoms with van der Waals surface area (Å²) < 4.78 is 98.2. The van der Waals surface area contributed by atoms with Crippen LogP contribution in [-0.4, -0.2) is 0 Å². The van der Waals surface area contributed by atoms with E-state index >= 15 is 0 Å². The molecule has 2 aromatic carbocycles. The minimum atomic E-state index is -1.95. The third kappa shape index (κ3) is 6.22. The van der Waals surface area contributed by atoms with Crippen LogP contribution in [-0.2, 0) is 0 Å². The summed E-state index contributed by atoms with van der Waals surface area (Å²) >= 11 is 0. The molecule has 34 heavy (non-hydrogen) atoms. The largest absolute Gasteiger partial charge is 0.206 e. The zero-order valence-electron chi connectivity index (χ0n) is 19.2. The molecule has 0 heterocycles. The van der Waals surface area contributed by atoms with E-state index in [4.69, 9.17) is 0 Å². The van der Waals surface area contributed by atoms with E-state index in [1.54, 1.807) is 0 Å². The summed E-state index contributed by atoms with van der Waals surface area (Å²) in [6.45, 7) is 2.18. The predicted octanol–water partition coefficient (Wildman–Crippen LogP) is 9.78. The van der Waals surface area contributed by atoms with Crippen molar-refractivity contribution in [2.24, 2.45) is 5.92 Å². The molecule has 7 heteroatoms. The van der Waals surface area contributed by atoms with Crippen LogP contribution in [0, 0.1) is 35.0 Å². The summed E-state index contributed by atoms with van der Waals surface area (Å²) in [5, 5.41) is 0. The summed E-state index contributed by atoms with van der Waals surface area (Å²) in [6.07, 6.45) is 10.7. The highest BCUT2D eigenvalue weighted by molar-refractivity contribution is 5.83. The van der Waals surface area contributed by atoms with Crippen LogP contribution in [0.2, 0.25) is 0 Å². The molecular weight excluding hydrogens is 457 g/mol. The van der Waals surface area contributed by atoms with Crippen LogP contribution in [0.15, 0.2) is 24.3 Å². The third-order valence-corrected chi connectivity index (χ3v) is 6.75. The number of benzene rings is 2. The second-order valence-corrected chi connectivity index (χ2v) is 9.16. The molecule has 2 aromatic rings. The first-order chi connectivity index (χ1) is 16.2. The van der Waals surface area contributed by atoms with Crippen molar-refractivity contribution in [2.75, 3.05) is 0 Å². The Morgan fingerprint density at radius 2 is 1.26 bits per heavy atom. The van der Waals surface area contributed by atoms with Gasteiger partial charge in [0.2, 0.25) is 0 Å². The van der Waals surface area contributed by atoms with Gasteiger partial charge in [-0.2, -0.15) is 0 Å². The standard InChI is InChI=1S/C27H29F7/c1-2-3-4-5-6-7-16-8-10-17(11-9-16)18-12-20(28)24(21(29)13-18)27(34)25(32)19-14-22(30)26(33)23(31)15-19/h12-17H,2-11H2,1H3. The highest BCUT2D eigenvalue weighted by Crippen LogP contribution is 2.40. The van der Waals surface area contributed by atoms with Crippen molar-refractivity contribution >= 4 is 11.7 Å². The van der Waals surface area contributed by atoms with Gasteiger partial charge in [-0.3, -0.25) is 0 Å². The number of hydrogen-bond donors (Lipinski definition) is 0. The molecule has 0 unspecified atom stereocenters. The van der Waals surface area contributed by atoms with Gasteiger partial charge in [-0.15, -0.1) is 0 Å². The predicted molar refractivity (Wildman–Crippen MR) is 120 cm³/mol. The van der Waals surface area contributed by atoms with Crippen LogP contribution in [0.1, 0.15) is 93.7 Å². The third-order valence-electron chi connectivity index (χ3n) is 6.75. The van der Waals surface area contributed by atoms with Crippen molar-refractivity contribution in [2.45, 2.75) is 77.0 Å². The van der Waals surface area contributed by atoms with Gasteiger partial charge in [0.15, 0.2) is 29.1 Å². The molecule has 1 aliphatic rings. The second kappa shape index (κ2) is 11.9. The molecule has 1 aliphatic carbocycles. The zero-order valence-corrected chi connectivity index (χ0v) is 19.2. The quantitative estimate of drug-likeness (QED) is 0.143.